The van der Waals surface area contributed by atoms with E-state index in [4.69, 9.17) is 11.6 Å². The molecule has 1 aliphatic heterocycles. The number of hydrogen-bond acceptors (Lipinski definition) is 1. The SMILES string of the molecule is CC1CCC2(CC1)CCN(c1ccc(F)cc1Cl)C2=O. The van der Waals surface area contributed by atoms with Crippen molar-refractivity contribution in [1.82, 2.24) is 0 Å². The fourth-order valence-electron chi connectivity index (χ4n) is 3.53. The smallest absolute Gasteiger partial charge is 0.233 e. The van der Waals surface area contributed by atoms with E-state index in [9.17, 15) is 9.18 Å². The highest BCUT2D eigenvalue weighted by atomic mass is 35.5. The summed E-state index contributed by atoms with van der Waals surface area (Å²) >= 11 is 6.09. The zero-order valence-corrected chi connectivity index (χ0v) is 12.4. The number of carbonyl (C=O) groups is 1. The van der Waals surface area contributed by atoms with Gasteiger partial charge in [0.05, 0.1) is 16.1 Å². The van der Waals surface area contributed by atoms with Gasteiger partial charge >= 0.3 is 0 Å². The molecule has 1 aromatic carbocycles. The van der Waals surface area contributed by atoms with Gasteiger partial charge in [0.1, 0.15) is 5.82 Å². The number of anilines is 1. The molecule has 4 heteroatoms. The Hall–Kier alpha value is -1.09. The molecule has 0 unspecified atom stereocenters. The highest BCUT2D eigenvalue weighted by molar-refractivity contribution is 6.34. The van der Waals surface area contributed by atoms with E-state index in [1.807, 2.05) is 0 Å². The fraction of sp³-hybridized carbons (Fsp3) is 0.562. The van der Waals surface area contributed by atoms with E-state index in [0.717, 1.165) is 38.0 Å². The van der Waals surface area contributed by atoms with E-state index in [2.05, 4.69) is 6.92 Å². The number of carbonyl (C=O) groups excluding carboxylic acids is 1. The van der Waals surface area contributed by atoms with Crippen LogP contribution in [0.15, 0.2) is 18.2 Å². The molecule has 1 saturated carbocycles. The van der Waals surface area contributed by atoms with Crippen LogP contribution in [0.3, 0.4) is 0 Å². The largest absolute Gasteiger partial charge is 0.310 e. The lowest BCUT2D eigenvalue weighted by atomic mass is 9.70. The van der Waals surface area contributed by atoms with Crippen molar-refractivity contribution in [2.24, 2.45) is 11.3 Å². The van der Waals surface area contributed by atoms with E-state index in [0.29, 0.717) is 17.3 Å². The summed E-state index contributed by atoms with van der Waals surface area (Å²) in [6, 6.07) is 4.25. The lowest BCUT2D eigenvalue weighted by Crippen LogP contribution is -2.37. The number of benzene rings is 1. The maximum atomic E-state index is 13.1. The van der Waals surface area contributed by atoms with Gasteiger partial charge in [0.2, 0.25) is 5.91 Å². The molecule has 2 fully saturated rings. The fourth-order valence-corrected chi connectivity index (χ4v) is 3.80. The second-order valence-electron chi connectivity index (χ2n) is 6.27. The monoisotopic (exact) mass is 295 g/mol. The van der Waals surface area contributed by atoms with Crippen LogP contribution in [0.5, 0.6) is 0 Å². The van der Waals surface area contributed by atoms with E-state index in [1.54, 1.807) is 11.0 Å². The lowest BCUT2D eigenvalue weighted by molar-refractivity contribution is -0.127. The van der Waals surface area contributed by atoms with Crippen LogP contribution in [-0.4, -0.2) is 12.5 Å². The molecule has 108 valence electrons. The molecule has 0 atom stereocenters. The van der Waals surface area contributed by atoms with Crippen molar-refractivity contribution < 1.29 is 9.18 Å². The molecule has 1 aliphatic carbocycles. The van der Waals surface area contributed by atoms with E-state index in [1.165, 1.54) is 12.1 Å². The number of hydrogen-bond donors (Lipinski definition) is 0. The van der Waals surface area contributed by atoms with Gasteiger partial charge in [-0.1, -0.05) is 18.5 Å². The Labute approximate surface area is 123 Å². The second-order valence-corrected chi connectivity index (χ2v) is 6.67. The Morgan fingerprint density at radius 3 is 2.65 bits per heavy atom. The molecule has 2 nitrogen and oxygen atoms in total. The molecule has 1 spiro atoms. The highest BCUT2D eigenvalue weighted by Gasteiger charge is 2.48. The van der Waals surface area contributed by atoms with Crippen LogP contribution in [0.1, 0.15) is 39.0 Å². The maximum absolute atomic E-state index is 13.1. The first-order valence-corrected chi connectivity index (χ1v) is 7.67. The van der Waals surface area contributed by atoms with Crippen molar-refractivity contribution in [2.45, 2.75) is 39.0 Å². The molecule has 3 rings (SSSR count). The van der Waals surface area contributed by atoms with Gasteiger partial charge in [-0.3, -0.25) is 4.79 Å². The summed E-state index contributed by atoms with van der Waals surface area (Å²) in [6.07, 6.45) is 5.09. The van der Waals surface area contributed by atoms with Gasteiger partial charge in [0.25, 0.3) is 0 Å². The molecule has 1 heterocycles. The van der Waals surface area contributed by atoms with E-state index in [-0.39, 0.29) is 17.1 Å². The maximum Gasteiger partial charge on any atom is 0.233 e. The molecular formula is C16H19ClFNO. The molecule has 1 aromatic rings. The topological polar surface area (TPSA) is 20.3 Å². The summed E-state index contributed by atoms with van der Waals surface area (Å²) in [5.41, 5.74) is 0.457. The summed E-state index contributed by atoms with van der Waals surface area (Å²) in [4.78, 5) is 14.5. The molecular weight excluding hydrogens is 277 g/mol. The van der Waals surface area contributed by atoms with Crippen LogP contribution < -0.4 is 4.90 Å². The first kappa shape index (κ1) is 13.9. The Kier molecular flexibility index (Phi) is 3.49. The Bertz CT molecular complexity index is 537. The zero-order chi connectivity index (χ0) is 14.3. The Morgan fingerprint density at radius 2 is 2.00 bits per heavy atom. The second kappa shape index (κ2) is 5.03. The highest BCUT2D eigenvalue weighted by Crippen LogP contribution is 2.48. The molecule has 20 heavy (non-hydrogen) atoms. The van der Waals surface area contributed by atoms with Crippen molar-refractivity contribution in [2.75, 3.05) is 11.4 Å². The van der Waals surface area contributed by atoms with Crippen molar-refractivity contribution in [3.05, 3.63) is 29.0 Å². The van der Waals surface area contributed by atoms with Gasteiger partial charge in [0.15, 0.2) is 0 Å². The summed E-state index contributed by atoms with van der Waals surface area (Å²) in [7, 11) is 0. The third-order valence-corrected chi connectivity index (χ3v) is 5.25. The van der Waals surface area contributed by atoms with Crippen LogP contribution in [0.25, 0.3) is 0 Å². The number of halogens is 2. The van der Waals surface area contributed by atoms with E-state index < -0.39 is 0 Å². The van der Waals surface area contributed by atoms with Gasteiger partial charge in [-0.05, 0) is 56.2 Å². The summed E-state index contributed by atoms with van der Waals surface area (Å²) < 4.78 is 13.1. The Balaban J connectivity index is 1.85. The average molecular weight is 296 g/mol. The van der Waals surface area contributed by atoms with Crippen molar-refractivity contribution in [1.29, 1.82) is 0 Å². The third-order valence-electron chi connectivity index (χ3n) is 4.94. The van der Waals surface area contributed by atoms with Crippen molar-refractivity contribution in [3.63, 3.8) is 0 Å². The predicted molar refractivity (Wildman–Crippen MR) is 78.4 cm³/mol. The molecule has 0 N–H and O–H groups in total. The Morgan fingerprint density at radius 1 is 1.30 bits per heavy atom. The van der Waals surface area contributed by atoms with Gasteiger partial charge < -0.3 is 4.90 Å². The minimum Gasteiger partial charge on any atom is -0.310 e. The standard InChI is InChI=1S/C16H19ClFNO/c1-11-4-6-16(7-5-11)8-9-19(15(16)20)14-3-2-12(18)10-13(14)17/h2-3,10-11H,4-9H2,1H3. The van der Waals surface area contributed by atoms with Gasteiger partial charge in [-0.2, -0.15) is 0 Å². The predicted octanol–water partition coefficient (Wildman–Crippen LogP) is 4.41. The summed E-state index contributed by atoms with van der Waals surface area (Å²) in [6.45, 7) is 2.94. The number of nitrogens with zero attached hydrogens (tertiary/aromatic N) is 1. The summed E-state index contributed by atoms with van der Waals surface area (Å²) in [5.74, 6) is 0.529. The molecule has 0 aromatic heterocycles. The number of rotatable bonds is 1. The van der Waals surface area contributed by atoms with Crippen molar-refractivity contribution in [3.8, 4) is 0 Å². The zero-order valence-electron chi connectivity index (χ0n) is 11.7. The molecule has 0 radical (unpaired) electrons. The lowest BCUT2D eigenvalue weighted by Gasteiger charge is -2.34. The van der Waals surface area contributed by atoms with Gasteiger partial charge in [-0.15, -0.1) is 0 Å². The third kappa shape index (κ3) is 2.22. The quantitative estimate of drug-likeness (QED) is 0.751. The van der Waals surface area contributed by atoms with Crippen LogP contribution in [-0.2, 0) is 4.79 Å². The minimum atomic E-state index is -0.369. The van der Waals surface area contributed by atoms with Crippen LogP contribution in [0.2, 0.25) is 5.02 Å². The molecule has 0 bridgehead atoms. The van der Waals surface area contributed by atoms with Crippen LogP contribution in [0, 0.1) is 17.2 Å². The molecule has 1 amide bonds. The summed E-state index contributed by atoms with van der Waals surface area (Å²) in [5, 5.41) is 0.319. The first-order valence-electron chi connectivity index (χ1n) is 7.29. The van der Waals surface area contributed by atoms with Crippen LogP contribution >= 0.6 is 11.6 Å². The molecule has 1 saturated heterocycles. The van der Waals surface area contributed by atoms with Crippen LogP contribution in [0.4, 0.5) is 10.1 Å². The molecule has 2 aliphatic rings. The van der Waals surface area contributed by atoms with Gasteiger partial charge in [-0.25, -0.2) is 4.39 Å². The first-order chi connectivity index (χ1) is 9.52. The van der Waals surface area contributed by atoms with Gasteiger partial charge in [0, 0.05) is 6.54 Å². The number of amides is 1. The normalized spacial score (nSPS) is 30.2. The van der Waals surface area contributed by atoms with Crippen molar-refractivity contribution >= 4 is 23.2 Å². The van der Waals surface area contributed by atoms with E-state index >= 15 is 0 Å². The minimum absolute atomic E-state index is 0.179. The average Bonchev–Trinajstić information content (AvgIpc) is 2.72.